The Labute approximate surface area is 223 Å². The summed E-state index contributed by atoms with van der Waals surface area (Å²) in [6, 6.07) is 8.81. The summed E-state index contributed by atoms with van der Waals surface area (Å²) in [4.78, 5) is 31.8. The van der Waals surface area contributed by atoms with Gasteiger partial charge in [0.25, 0.3) is 5.91 Å². The molecule has 0 unspecified atom stereocenters. The minimum Gasteiger partial charge on any atom is -0.468 e. The van der Waals surface area contributed by atoms with Crippen LogP contribution in [0.3, 0.4) is 0 Å². The number of rotatable bonds is 9. The van der Waals surface area contributed by atoms with Crippen molar-refractivity contribution in [3.05, 3.63) is 53.2 Å². The first kappa shape index (κ1) is 27.7. The minimum absolute atomic E-state index is 0.0269. The van der Waals surface area contributed by atoms with Gasteiger partial charge in [-0.3, -0.25) is 9.69 Å². The van der Waals surface area contributed by atoms with Crippen molar-refractivity contribution in [3.8, 4) is 5.75 Å². The second kappa shape index (κ2) is 12.0. The lowest BCUT2D eigenvalue weighted by atomic mass is 9.91. The molecule has 2 atom stereocenters. The first-order valence-corrected chi connectivity index (χ1v) is 13.0. The largest absolute Gasteiger partial charge is 0.468 e. The number of anilines is 1. The molecule has 1 aromatic carbocycles. The van der Waals surface area contributed by atoms with E-state index in [0.29, 0.717) is 29.6 Å². The van der Waals surface area contributed by atoms with Crippen LogP contribution in [0, 0.1) is 0 Å². The van der Waals surface area contributed by atoms with E-state index in [1.165, 1.54) is 11.3 Å². The summed E-state index contributed by atoms with van der Waals surface area (Å²) in [7, 11) is 1.55. The van der Waals surface area contributed by atoms with E-state index in [-0.39, 0.29) is 25.8 Å². The molecule has 2 aromatic rings. The average Bonchev–Trinajstić information content (AvgIpc) is 2.86. The molecule has 38 heavy (non-hydrogen) atoms. The van der Waals surface area contributed by atoms with Crippen LogP contribution in [-0.4, -0.2) is 71.2 Å². The lowest BCUT2D eigenvalue weighted by Gasteiger charge is -2.40. The van der Waals surface area contributed by atoms with Gasteiger partial charge in [-0.05, 0) is 81.8 Å². The van der Waals surface area contributed by atoms with Gasteiger partial charge in [-0.15, -0.1) is 0 Å². The highest BCUT2D eigenvalue weighted by Gasteiger charge is 2.37. The third kappa shape index (κ3) is 7.14. The van der Waals surface area contributed by atoms with Gasteiger partial charge >= 0.3 is 6.09 Å². The third-order valence-electron chi connectivity index (χ3n) is 6.71. The Bertz CT molecular complexity index is 1130. The number of ether oxygens (including phenoxy) is 3. The number of aromatic nitrogens is 1. The number of pyridine rings is 1. The Morgan fingerprint density at radius 1 is 1.18 bits per heavy atom. The zero-order valence-corrected chi connectivity index (χ0v) is 22.5. The van der Waals surface area contributed by atoms with Crippen LogP contribution in [0.15, 0.2) is 36.5 Å². The number of aliphatic hydroxyl groups is 1. The van der Waals surface area contributed by atoms with Crippen LogP contribution in [0.1, 0.15) is 61.5 Å². The molecule has 1 fully saturated rings. The van der Waals surface area contributed by atoms with Gasteiger partial charge < -0.3 is 30.0 Å². The van der Waals surface area contributed by atoms with E-state index >= 15 is 0 Å². The molecule has 10 nitrogen and oxygen atoms in total. The van der Waals surface area contributed by atoms with Crippen LogP contribution < -0.4 is 15.4 Å². The molecular weight excluding hydrogens is 488 g/mol. The van der Waals surface area contributed by atoms with Crippen molar-refractivity contribution < 1.29 is 28.9 Å². The topological polar surface area (TPSA) is 122 Å². The van der Waals surface area contributed by atoms with Crippen LogP contribution in [0.25, 0.3) is 0 Å². The predicted octanol–water partition coefficient (Wildman–Crippen LogP) is 3.48. The van der Waals surface area contributed by atoms with E-state index in [9.17, 15) is 14.7 Å². The van der Waals surface area contributed by atoms with Crippen molar-refractivity contribution in [1.29, 1.82) is 0 Å². The normalized spacial score (nSPS) is 18.1. The summed E-state index contributed by atoms with van der Waals surface area (Å²) in [5.41, 5.74) is 1.65. The van der Waals surface area contributed by atoms with Crippen LogP contribution in [0.2, 0.25) is 0 Å². The van der Waals surface area contributed by atoms with Gasteiger partial charge in [-0.2, -0.15) is 0 Å². The van der Waals surface area contributed by atoms with Gasteiger partial charge in [0.05, 0.1) is 12.1 Å². The van der Waals surface area contributed by atoms with Crippen molar-refractivity contribution in [2.24, 2.45) is 0 Å². The highest BCUT2D eigenvalue weighted by Crippen LogP contribution is 2.30. The summed E-state index contributed by atoms with van der Waals surface area (Å²) in [6.07, 6.45) is 3.86. The number of hydrogen-bond acceptors (Lipinski definition) is 8. The molecule has 4 rings (SSSR count). The summed E-state index contributed by atoms with van der Waals surface area (Å²) in [5.74, 6) is 0.976. The Morgan fingerprint density at radius 2 is 1.97 bits per heavy atom. The van der Waals surface area contributed by atoms with Crippen LogP contribution >= 0.6 is 0 Å². The molecule has 1 aliphatic carbocycles. The van der Waals surface area contributed by atoms with E-state index < -0.39 is 23.8 Å². The van der Waals surface area contributed by atoms with Gasteiger partial charge in [0.1, 0.15) is 17.2 Å². The van der Waals surface area contributed by atoms with Crippen LogP contribution in [0.5, 0.6) is 5.75 Å². The number of nitrogens with zero attached hydrogens (tertiary/aromatic N) is 2. The van der Waals surface area contributed by atoms with E-state index in [1.54, 1.807) is 46.2 Å². The fraction of sp³-hybridized carbons (Fsp3) is 0.536. The van der Waals surface area contributed by atoms with Crippen LogP contribution in [-0.2, 0) is 22.4 Å². The van der Waals surface area contributed by atoms with Crippen molar-refractivity contribution in [2.75, 3.05) is 25.8 Å². The van der Waals surface area contributed by atoms with Gasteiger partial charge in [-0.1, -0.05) is 6.07 Å². The molecule has 0 bridgehead atoms. The lowest BCUT2D eigenvalue weighted by molar-refractivity contribution is -0.0114. The van der Waals surface area contributed by atoms with E-state index in [4.69, 9.17) is 14.2 Å². The number of hydrogen-bond donors (Lipinski definition) is 3. The second-order valence-corrected chi connectivity index (χ2v) is 10.8. The molecule has 1 saturated carbocycles. The number of carbonyl (C=O) groups is 2. The zero-order valence-electron chi connectivity index (χ0n) is 22.5. The predicted molar refractivity (Wildman–Crippen MR) is 142 cm³/mol. The molecule has 2 aliphatic rings. The van der Waals surface area contributed by atoms with Crippen molar-refractivity contribution in [1.82, 2.24) is 15.2 Å². The molecule has 1 aromatic heterocycles. The standard InChI is InChI=1S/C28H38N4O6/c1-28(2,3)38-27(35)32-16-20-12-22(37-17-36-4)9-8-18(20)13-23(32)24(33)15-30-26(34)19-10-11-29-25(14-19)31-21-6-5-7-21/h8-12,14,21,23-24,33H,5-7,13,15-17H2,1-4H3,(H,29,31)(H,30,34)/t23-,24+/m0/s1. The van der Waals surface area contributed by atoms with Gasteiger partial charge in [-0.25, -0.2) is 9.78 Å². The molecule has 2 amide bonds. The number of benzene rings is 1. The van der Waals surface area contributed by atoms with E-state index in [2.05, 4.69) is 15.6 Å². The maximum Gasteiger partial charge on any atom is 0.410 e. The quantitative estimate of drug-likeness (QED) is 0.425. The van der Waals surface area contributed by atoms with Gasteiger partial charge in [0, 0.05) is 38.0 Å². The highest BCUT2D eigenvalue weighted by atomic mass is 16.7. The highest BCUT2D eigenvalue weighted by molar-refractivity contribution is 5.94. The Morgan fingerprint density at radius 3 is 2.66 bits per heavy atom. The smallest absolute Gasteiger partial charge is 0.410 e. The Kier molecular flexibility index (Phi) is 8.73. The van der Waals surface area contributed by atoms with Crippen LogP contribution in [0.4, 0.5) is 10.6 Å². The van der Waals surface area contributed by atoms with E-state index in [1.807, 2.05) is 18.2 Å². The fourth-order valence-corrected chi connectivity index (χ4v) is 4.51. The maximum atomic E-state index is 13.2. The Balaban J connectivity index is 1.45. The second-order valence-electron chi connectivity index (χ2n) is 10.8. The summed E-state index contributed by atoms with van der Waals surface area (Å²) < 4.78 is 16.2. The maximum absolute atomic E-state index is 13.2. The van der Waals surface area contributed by atoms with Gasteiger partial charge in [0.15, 0.2) is 6.79 Å². The summed E-state index contributed by atoms with van der Waals surface area (Å²) in [5, 5.41) is 17.3. The monoisotopic (exact) mass is 526 g/mol. The Hall–Kier alpha value is -3.37. The van der Waals surface area contributed by atoms with Crippen molar-refractivity contribution in [3.63, 3.8) is 0 Å². The number of methoxy groups -OCH3 is 1. The molecule has 0 radical (unpaired) electrons. The molecule has 0 saturated heterocycles. The third-order valence-corrected chi connectivity index (χ3v) is 6.71. The first-order chi connectivity index (χ1) is 18.1. The van der Waals surface area contributed by atoms with E-state index in [0.717, 1.165) is 24.0 Å². The summed E-state index contributed by atoms with van der Waals surface area (Å²) in [6.45, 7) is 5.73. The average molecular weight is 527 g/mol. The molecule has 2 heterocycles. The van der Waals surface area contributed by atoms with Crippen molar-refractivity contribution in [2.45, 2.75) is 76.8 Å². The number of aliphatic hydroxyl groups excluding tert-OH is 1. The molecule has 10 heteroatoms. The molecule has 206 valence electrons. The number of fused-ring (bicyclic) bond motifs is 1. The first-order valence-electron chi connectivity index (χ1n) is 13.0. The van der Waals surface area contributed by atoms with Crippen molar-refractivity contribution >= 4 is 17.8 Å². The molecule has 1 aliphatic heterocycles. The SMILES string of the molecule is COCOc1ccc2c(c1)CN(C(=O)OC(C)(C)C)[C@H]([C@H](O)CNC(=O)c1ccnc(NC3CCC3)c1)C2. The lowest BCUT2D eigenvalue weighted by Crippen LogP contribution is -2.54. The van der Waals surface area contributed by atoms with Gasteiger partial charge in [0.2, 0.25) is 0 Å². The number of nitrogens with one attached hydrogen (secondary N) is 2. The number of carbonyl (C=O) groups excluding carboxylic acids is 2. The number of amides is 2. The molecule has 3 N–H and O–H groups in total. The molecular formula is C28H38N4O6. The minimum atomic E-state index is -1.02. The fourth-order valence-electron chi connectivity index (χ4n) is 4.51. The zero-order chi connectivity index (χ0) is 27.3. The molecule has 0 spiro atoms. The summed E-state index contributed by atoms with van der Waals surface area (Å²) >= 11 is 0.